The van der Waals surface area contributed by atoms with E-state index < -0.39 is 37.7 Å². The fraction of sp³-hybridized carbons (Fsp3) is 0.514. The molecule has 3 rings (SSSR count). The summed E-state index contributed by atoms with van der Waals surface area (Å²) in [4.78, 5) is 27.4. The fourth-order valence-electron chi connectivity index (χ4n) is 7.27. The van der Waals surface area contributed by atoms with Crippen LogP contribution in [-0.2, 0) is 15.8 Å². The Morgan fingerprint density at radius 1 is 0.878 bits per heavy atom. The Kier molecular flexibility index (Phi) is 13.0. The van der Waals surface area contributed by atoms with Gasteiger partial charge in [0.15, 0.2) is 0 Å². The monoisotopic (exact) mass is 717 g/mol. The number of benzene rings is 3. The van der Waals surface area contributed by atoms with Crippen LogP contribution in [0, 0.1) is 12.8 Å². The smallest absolute Gasteiger partial charge is 0.341 e. The zero-order chi connectivity index (χ0) is 37.1. The molecule has 0 unspecified atom stereocenters. The van der Waals surface area contributed by atoms with Gasteiger partial charge in [-0.05, 0) is 46.7 Å². The van der Waals surface area contributed by atoms with Crippen LogP contribution in [0.25, 0.3) is 21.9 Å². The first-order valence-corrected chi connectivity index (χ1v) is 19.1. The van der Waals surface area contributed by atoms with Crippen molar-refractivity contribution in [1.82, 2.24) is 5.32 Å². The molecule has 0 saturated heterocycles. The number of amides is 1. The van der Waals surface area contributed by atoms with Crippen molar-refractivity contribution < 1.29 is 43.5 Å². The van der Waals surface area contributed by atoms with E-state index in [2.05, 4.69) is 46.9 Å². The number of aliphatic hydroxyl groups excluding tert-OH is 1. The summed E-state index contributed by atoms with van der Waals surface area (Å²) in [5.41, 5.74) is 1.36. The second-order valence-corrected chi connectivity index (χ2v) is 19.6. The van der Waals surface area contributed by atoms with Crippen molar-refractivity contribution in [3.63, 3.8) is 0 Å². The minimum absolute atomic E-state index is 0.0239. The highest BCUT2D eigenvalue weighted by atomic mass is 35.5. The number of aryl methyl sites for hydroxylation is 1. The molecule has 0 aliphatic heterocycles. The summed E-state index contributed by atoms with van der Waals surface area (Å²) in [6, 6.07) is 4.07. The van der Waals surface area contributed by atoms with E-state index in [1.54, 1.807) is 13.0 Å². The highest BCUT2D eigenvalue weighted by Gasteiger charge is 2.45. The molecule has 10 nitrogen and oxygen atoms in total. The van der Waals surface area contributed by atoms with Gasteiger partial charge in [-0.15, -0.1) is 0 Å². The Labute approximate surface area is 295 Å². The predicted octanol–water partition coefficient (Wildman–Crippen LogP) is 8.12. The van der Waals surface area contributed by atoms with Gasteiger partial charge in [0.05, 0.1) is 56.6 Å². The summed E-state index contributed by atoms with van der Waals surface area (Å²) in [6.45, 7) is 18.0. The lowest BCUT2D eigenvalue weighted by atomic mass is 9.87. The van der Waals surface area contributed by atoms with Crippen molar-refractivity contribution in [3.05, 3.63) is 45.5 Å². The molecular weight excluding hydrogens is 666 g/mol. The Morgan fingerprint density at radius 2 is 1.47 bits per heavy atom. The maximum absolute atomic E-state index is 14.3. The third-order valence-electron chi connectivity index (χ3n) is 9.66. The van der Waals surface area contributed by atoms with Crippen LogP contribution < -0.4 is 14.8 Å². The number of esters is 1. The quantitative estimate of drug-likeness (QED) is 0.0960. The van der Waals surface area contributed by atoms with Crippen molar-refractivity contribution in [2.45, 2.75) is 91.6 Å². The first-order chi connectivity index (χ1) is 22.9. The molecule has 12 heteroatoms. The van der Waals surface area contributed by atoms with Gasteiger partial charge in [0.2, 0.25) is 8.32 Å². The van der Waals surface area contributed by atoms with Crippen molar-refractivity contribution in [2.75, 3.05) is 27.9 Å². The van der Waals surface area contributed by atoms with Gasteiger partial charge >= 0.3 is 5.97 Å². The van der Waals surface area contributed by atoms with E-state index in [0.29, 0.717) is 11.1 Å². The first kappa shape index (κ1) is 39.9. The summed E-state index contributed by atoms with van der Waals surface area (Å²) < 4.78 is 23.3. The zero-order valence-corrected chi connectivity index (χ0v) is 32.5. The van der Waals surface area contributed by atoms with Crippen LogP contribution in [0.1, 0.15) is 87.2 Å². The second kappa shape index (κ2) is 16.0. The van der Waals surface area contributed by atoms with Gasteiger partial charge in [0.1, 0.15) is 28.6 Å². The molecule has 0 aromatic heterocycles. The zero-order valence-electron chi connectivity index (χ0n) is 30.7. The molecule has 49 heavy (non-hydrogen) atoms. The Balaban J connectivity index is 2.60. The normalized spacial score (nSPS) is 12.7. The summed E-state index contributed by atoms with van der Waals surface area (Å²) in [6.07, 6.45) is 0. The summed E-state index contributed by atoms with van der Waals surface area (Å²) >= 11 is 6.55. The van der Waals surface area contributed by atoms with E-state index in [9.17, 15) is 24.9 Å². The lowest BCUT2D eigenvalue weighted by Gasteiger charge is -2.42. The van der Waals surface area contributed by atoms with Crippen LogP contribution in [0.5, 0.6) is 23.0 Å². The Hall–Kier alpha value is -3.51. The molecule has 0 aliphatic carbocycles. The largest absolute Gasteiger partial charge is 0.506 e. The first-order valence-electron chi connectivity index (χ1n) is 16.5. The standard InChI is InChI=1S/C37H52ClNO9Si/c1-18(2)27(16-40)39-36(43)25-14-24-31(28(45-10)15-26(38)35(24)46-11)34(42)32(25)30-23(13-22(9)29(33(30)41)37(44)47-12)17-48-49(19(3)4,20(5)6)21(7)8/h13-15,18-21,27,40-42H,16-17H2,1-12H3,(H,39,43)/t27-/m0/s1. The Bertz CT molecular complexity index is 1680. The van der Waals surface area contributed by atoms with Gasteiger partial charge in [-0.3, -0.25) is 4.79 Å². The maximum atomic E-state index is 14.3. The van der Waals surface area contributed by atoms with Gasteiger partial charge in [-0.2, -0.15) is 0 Å². The number of hydrogen-bond acceptors (Lipinski definition) is 9. The Morgan fingerprint density at radius 3 is 1.94 bits per heavy atom. The molecule has 3 aromatic carbocycles. The van der Waals surface area contributed by atoms with Crippen molar-refractivity contribution in [2.24, 2.45) is 5.92 Å². The molecule has 270 valence electrons. The number of halogens is 1. The van der Waals surface area contributed by atoms with E-state index in [1.165, 1.54) is 33.5 Å². The highest BCUT2D eigenvalue weighted by molar-refractivity contribution is 6.77. The van der Waals surface area contributed by atoms with Crippen molar-refractivity contribution >= 4 is 42.6 Å². The van der Waals surface area contributed by atoms with Gasteiger partial charge in [-0.25, -0.2) is 4.79 Å². The molecule has 1 amide bonds. The molecule has 0 radical (unpaired) electrons. The number of methoxy groups -OCH3 is 3. The number of rotatable bonds is 14. The van der Waals surface area contributed by atoms with Crippen LogP contribution in [0.15, 0.2) is 18.2 Å². The molecule has 0 bridgehead atoms. The topological polar surface area (TPSA) is 144 Å². The van der Waals surface area contributed by atoms with E-state index in [0.717, 1.165) is 0 Å². The fourth-order valence-corrected chi connectivity index (χ4v) is 13.0. The minimum atomic E-state index is -2.47. The number of carbonyl (C=O) groups is 2. The number of phenolic OH excluding ortho intramolecular Hbond substituents is 2. The SMILES string of the molecule is COC(=O)c1c(C)cc(CO[Si](C(C)C)(C(C)C)C(C)C)c(-c2c(C(=O)N[C@@H](CO)C(C)C)cc3c(OC)c(Cl)cc(OC)c3c2O)c1O. The molecule has 1 atom stereocenters. The number of ether oxygens (including phenoxy) is 3. The highest BCUT2D eigenvalue weighted by Crippen LogP contribution is 2.52. The third-order valence-corrected chi connectivity index (χ3v) is 16.0. The molecule has 0 heterocycles. The number of aliphatic hydroxyl groups is 1. The van der Waals surface area contributed by atoms with Gasteiger partial charge in [0, 0.05) is 22.6 Å². The van der Waals surface area contributed by atoms with E-state index in [1.807, 2.05) is 13.8 Å². The summed E-state index contributed by atoms with van der Waals surface area (Å²) in [5.74, 6) is -2.12. The molecule has 0 spiro atoms. The average Bonchev–Trinajstić information content (AvgIpc) is 3.02. The van der Waals surface area contributed by atoms with E-state index in [-0.39, 0.29) is 85.3 Å². The molecule has 0 saturated carbocycles. The average molecular weight is 718 g/mol. The molecule has 3 aromatic rings. The number of carbonyl (C=O) groups excluding carboxylic acids is 2. The number of hydrogen-bond donors (Lipinski definition) is 4. The molecular formula is C37H52ClNO9Si. The van der Waals surface area contributed by atoms with Crippen LogP contribution in [0.3, 0.4) is 0 Å². The lowest BCUT2D eigenvalue weighted by Crippen LogP contribution is -2.47. The third kappa shape index (κ3) is 7.36. The van der Waals surface area contributed by atoms with Crippen LogP contribution in [0.4, 0.5) is 0 Å². The van der Waals surface area contributed by atoms with Crippen LogP contribution in [0.2, 0.25) is 21.6 Å². The van der Waals surface area contributed by atoms with Gasteiger partial charge < -0.3 is 39.3 Å². The number of aromatic hydroxyl groups is 2. The summed E-state index contributed by atoms with van der Waals surface area (Å²) in [5, 5.41) is 37.9. The second-order valence-electron chi connectivity index (χ2n) is 13.7. The van der Waals surface area contributed by atoms with E-state index >= 15 is 0 Å². The van der Waals surface area contributed by atoms with Crippen molar-refractivity contribution in [1.29, 1.82) is 0 Å². The van der Waals surface area contributed by atoms with Crippen LogP contribution in [-0.4, -0.2) is 69.5 Å². The minimum Gasteiger partial charge on any atom is -0.506 e. The molecule has 4 N–H and O–H groups in total. The lowest BCUT2D eigenvalue weighted by molar-refractivity contribution is 0.0596. The van der Waals surface area contributed by atoms with Crippen molar-refractivity contribution in [3.8, 4) is 34.1 Å². The maximum Gasteiger partial charge on any atom is 0.341 e. The van der Waals surface area contributed by atoms with Gasteiger partial charge in [0.25, 0.3) is 5.91 Å². The number of phenols is 2. The van der Waals surface area contributed by atoms with Gasteiger partial charge in [-0.1, -0.05) is 73.1 Å². The van der Waals surface area contributed by atoms with Crippen LogP contribution >= 0.6 is 11.6 Å². The number of nitrogens with one attached hydrogen (secondary N) is 1. The number of fused-ring (bicyclic) bond motifs is 1. The van der Waals surface area contributed by atoms with E-state index in [4.69, 9.17) is 30.2 Å². The molecule has 0 aliphatic rings. The molecule has 0 fully saturated rings. The predicted molar refractivity (Wildman–Crippen MR) is 196 cm³/mol. The summed E-state index contributed by atoms with van der Waals surface area (Å²) in [7, 11) is 1.57.